The van der Waals surface area contributed by atoms with Gasteiger partial charge in [-0.1, -0.05) is 6.92 Å². The van der Waals surface area contributed by atoms with Crippen molar-refractivity contribution in [2.24, 2.45) is 5.92 Å². The van der Waals surface area contributed by atoms with Crippen molar-refractivity contribution in [1.82, 2.24) is 14.9 Å². The molecule has 1 saturated heterocycles. The summed E-state index contributed by atoms with van der Waals surface area (Å²) in [6.45, 7) is 8.68. The summed E-state index contributed by atoms with van der Waals surface area (Å²) in [5.74, 6) is 3.51. The zero-order chi connectivity index (χ0) is 19.8. The number of aromatic nitrogens is 2. The van der Waals surface area contributed by atoms with Crippen LogP contribution in [0.4, 0.5) is 5.82 Å². The highest BCUT2D eigenvalue weighted by atomic mass is 32.1. The van der Waals surface area contributed by atoms with E-state index >= 15 is 0 Å². The Labute approximate surface area is 175 Å². The summed E-state index contributed by atoms with van der Waals surface area (Å²) in [5, 5.41) is 4.85. The number of morpholine rings is 1. The third kappa shape index (κ3) is 3.91. The minimum Gasteiger partial charge on any atom is -0.467 e. The molecule has 29 heavy (non-hydrogen) atoms. The molecule has 3 aromatic heterocycles. The maximum absolute atomic E-state index is 5.61. The molecule has 1 aliphatic carbocycles. The number of ether oxygens (including phenoxy) is 1. The Morgan fingerprint density at radius 3 is 2.97 bits per heavy atom. The van der Waals surface area contributed by atoms with Gasteiger partial charge in [-0.2, -0.15) is 0 Å². The van der Waals surface area contributed by atoms with E-state index in [0.717, 1.165) is 73.8 Å². The molecule has 5 rings (SSSR count). The summed E-state index contributed by atoms with van der Waals surface area (Å²) in [6.07, 6.45) is 5.23. The Morgan fingerprint density at radius 1 is 1.31 bits per heavy atom. The van der Waals surface area contributed by atoms with Gasteiger partial charge in [0.15, 0.2) is 0 Å². The maximum Gasteiger partial charge on any atom is 0.146 e. The average Bonchev–Trinajstić information content (AvgIpc) is 3.36. The molecule has 0 radical (unpaired) electrons. The molecule has 7 heteroatoms. The van der Waals surface area contributed by atoms with Crippen LogP contribution in [0.1, 0.15) is 48.3 Å². The van der Waals surface area contributed by atoms with E-state index in [4.69, 9.17) is 19.1 Å². The van der Waals surface area contributed by atoms with E-state index in [0.29, 0.717) is 0 Å². The molecule has 0 saturated carbocycles. The second kappa shape index (κ2) is 8.05. The molecule has 1 fully saturated rings. The molecule has 1 aliphatic heterocycles. The quantitative estimate of drug-likeness (QED) is 0.670. The summed E-state index contributed by atoms with van der Waals surface area (Å²) in [7, 11) is 0. The zero-order valence-corrected chi connectivity index (χ0v) is 17.9. The van der Waals surface area contributed by atoms with Crippen LogP contribution in [0.25, 0.3) is 10.2 Å². The molecule has 6 nitrogen and oxygen atoms in total. The van der Waals surface area contributed by atoms with Gasteiger partial charge in [-0.25, -0.2) is 9.97 Å². The predicted molar refractivity (Wildman–Crippen MR) is 115 cm³/mol. The van der Waals surface area contributed by atoms with Crippen LogP contribution in [0.3, 0.4) is 0 Å². The molecule has 2 aliphatic rings. The Bertz CT molecular complexity index is 979. The van der Waals surface area contributed by atoms with Crippen LogP contribution in [0.2, 0.25) is 0 Å². The monoisotopic (exact) mass is 412 g/mol. The van der Waals surface area contributed by atoms with Crippen molar-refractivity contribution >= 4 is 27.4 Å². The average molecular weight is 413 g/mol. The van der Waals surface area contributed by atoms with Crippen molar-refractivity contribution in [1.29, 1.82) is 0 Å². The third-order valence-electron chi connectivity index (χ3n) is 5.99. The van der Waals surface area contributed by atoms with E-state index < -0.39 is 0 Å². The Kier molecular flexibility index (Phi) is 5.28. The largest absolute Gasteiger partial charge is 0.467 e. The van der Waals surface area contributed by atoms with Crippen molar-refractivity contribution in [2.75, 3.05) is 31.6 Å². The molecule has 154 valence electrons. The molecule has 4 heterocycles. The van der Waals surface area contributed by atoms with Gasteiger partial charge in [0.1, 0.15) is 22.2 Å². The molecule has 0 spiro atoms. The first-order valence-electron chi connectivity index (χ1n) is 10.6. The SMILES string of the molecule is C[C@H]1CCc2c(sc3nc(CN4CCOCC4)nc(N[C@@H](C)c4ccco4)c23)C1. The van der Waals surface area contributed by atoms with Crippen LogP contribution in [0, 0.1) is 5.92 Å². The van der Waals surface area contributed by atoms with Gasteiger partial charge in [-0.05, 0) is 49.8 Å². The normalized spacial score (nSPS) is 21.2. The molecular formula is C22H28N4O2S. The van der Waals surface area contributed by atoms with E-state index in [1.807, 2.05) is 23.5 Å². The van der Waals surface area contributed by atoms with Crippen LogP contribution in [-0.2, 0) is 24.1 Å². The Balaban J connectivity index is 1.53. The van der Waals surface area contributed by atoms with Crippen LogP contribution in [-0.4, -0.2) is 41.2 Å². The number of hydrogen-bond acceptors (Lipinski definition) is 7. The molecule has 3 aromatic rings. The standard InChI is InChI=1S/C22H28N4O2S/c1-14-5-6-16-18(12-14)29-22-20(16)21(23-15(2)17-4-3-9-28-17)24-19(25-22)13-26-7-10-27-11-8-26/h3-4,9,14-15H,5-8,10-13H2,1-2H3,(H,23,24,25)/t14-,15-/m0/s1. The first-order valence-corrected chi connectivity index (χ1v) is 11.4. The Morgan fingerprint density at radius 2 is 2.17 bits per heavy atom. The fraction of sp³-hybridized carbons (Fsp3) is 0.545. The Hall–Kier alpha value is -1.96. The lowest BCUT2D eigenvalue weighted by atomic mass is 9.89. The first kappa shape index (κ1) is 19.0. The van der Waals surface area contributed by atoms with Crippen molar-refractivity contribution in [3.63, 3.8) is 0 Å². The number of anilines is 1. The lowest BCUT2D eigenvalue weighted by Gasteiger charge is -2.26. The fourth-order valence-corrected chi connectivity index (χ4v) is 5.74. The highest BCUT2D eigenvalue weighted by Crippen LogP contribution is 2.40. The molecule has 0 aromatic carbocycles. The number of rotatable bonds is 5. The van der Waals surface area contributed by atoms with Gasteiger partial charge >= 0.3 is 0 Å². The van der Waals surface area contributed by atoms with Gasteiger partial charge in [0.25, 0.3) is 0 Å². The lowest BCUT2D eigenvalue weighted by Crippen LogP contribution is -2.36. The summed E-state index contributed by atoms with van der Waals surface area (Å²) >= 11 is 1.86. The van der Waals surface area contributed by atoms with E-state index in [9.17, 15) is 0 Å². The molecule has 0 bridgehead atoms. The summed E-state index contributed by atoms with van der Waals surface area (Å²) in [4.78, 5) is 15.0. The second-order valence-electron chi connectivity index (χ2n) is 8.29. The van der Waals surface area contributed by atoms with Crippen LogP contribution < -0.4 is 5.32 Å². The van der Waals surface area contributed by atoms with Crippen molar-refractivity contribution in [2.45, 2.75) is 45.7 Å². The topological polar surface area (TPSA) is 63.4 Å². The zero-order valence-electron chi connectivity index (χ0n) is 17.1. The molecule has 0 amide bonds. The maximum atomic E-state index is 5.61. The van der Waals surface area contributed by atoms with Crippen LogP contribution in [0.15, 0.2) is 22.8 Å². The number of nitrogens with one attached hydrogen (secondary N) is 1. The number of nitrogens with zero attached hydrogens (tertiary/aromatic N) is 3. The van der Waals surface area contributed by atoms with E-state index in [-0.39, 0.29) is 6.04 Å². The highest BCUT2D eigenvalue weighted by molar-refractivity contribution is 7.19. The van der Waals surface area contributed by atoms with Crippen molar-refractivity contribution in [3.05, 3.63) is 40.4 Å². The number of aryl methyl sites for hydroxylation is 1. The van der Waals surface area contributed by atoms with Crippen LogP contribution in [0.5, 0.6) is 0 Å². The second-order valence-corrected chi connectivity index (χ2v) is 9.37. The van der Waals surface area contributed by atoms with E-state index in [2.05, 4.69) is 24.1 Å². The first-order chi connectivity index (χ1) is 14.2. The van der Waals surface area contributed by atoms with Gasteiger partial charge in [-0.3, -0.25) is 4.90 Å². The van der Waals surface area contributed by atoms with Crippen molar-refractivity contribution in [3.8, 4) is 0 Å². The van der Waals surface area contributed by atoms with Gasteiger partial charge < -0.3 is 14.5 Å². The predicted octanol–water partition coefficient (Wildman–Crippen LogP) is 4.41. The van der Waals surface area contributed by atoms with Gasteiger partial charge in [0.05, 0.1) is 37.4 Å². The summed E-state index contributed by atoms with van der Waals surface area (Å²) < 4.78 is 11.1. The number of furan rings is 1. The highest BCUT2D eigenvalue weighted by Gasteiger charge is 2.25. The molecule has 1 N–H and O–H groups in total. The van der Waals surface area contributed by atoms with Crippen LogP contribution >= 0.6 is 11.3 Å². The van der Waals surface area contributed by atoms with E-state index in [1.165, 1.54) is 22.2 Å². The number of thiophene rings is 1. The minimum absolute atomic E-state index is 0.0531. The summed E-state index contributed by atoms with van der Waals surface area (Å²) in [6, 6.07) is 3.99. The number of fused-ring (bicyclic) bond motifs is 3. The molecule has 0 unspecified atom stereocenters. The fourth-order valence-electron chi connectivity index (χ4n) is 4.33. The smallest absolute Gasteiger partial charge is 0.146 e. The molecular weight excluding hydrogens is 384 g/mol. The van der Waals surface area contributed by atoms with Crippen molar-refractivity contribution < 1.29 is 9.15 Å². The van der Waals surface area contributed by atoms with E-state index in [1.54, 1.807) is 6.26 Å². The summed E-state index contributed by atoms with van der Waals surface area (Å²) in [5.41, 5.74) is 1.45. The third-order valence-corrected chi connectivity index (χ3v) is 7.14. The van der Waals surface area contributed by atoms with Gasteiger partial charge in [-0.15, -0.1) is 11.3 Å². The minimum atomic E-state index is 0.0531. The van der Waals surface area contributed by atoms with Gasteiger partial charge in [0.2, 0.25) is 0 Å². The van der Waals surface area contributed by atoms with Gasteiger partial charge in [0, 0.05) is 18.0 Å². The lowest BCUT2D eigenvalue weighted by molar-refractivity contribution is 0.0331. The number of hydrogen-bond donors (Lipinski definition) is 1. The molecule has 2 atom stereocenters.